The number of rotatable bonds is 7. The van der Waals surface area contributed by atoms with Gasteiger partial charge in [0.15, 0.2) is 5.84 Å². The van der Waals surface area contributed by atoms with E-state index in [1.807, 2.05) is 0 Å². The molecule has 21 heavy (non-hydrogen) atoms. The molecule has 0 saturated heterocycles. The van der Waals surface area contributed by atoms with Crippen LogP contribution in [0.15, 0.2) is 23.4 Å². The van der Waals surface area contributed by atoms with E-state index < -0.39 is 18.9 Å². The summed E-state index contributed by atoms with van der Waals surface area (Å²) >= 11 is 0. The van der Waals surface area contributed by atoms with Crippen molar-refractivity contribution in [1.29, 1.82) is 0 Å². The van der Waals surface area contributed by atoms with Crippen LogP contribution in [0.2, 0.25) is 0 Å². The highest BCUT2D eigenvalue weighted by Crippen LogP contribution is 2.22. The molecule has 0 radical (unpaired) electrons. The monoisotopic (exact) mass is 309 g/mol. The average Bonchev–Trinajstić information content (AvgIpc) is 2.45. The second-order valence-electron chi connectivity index (χ2n) is 4.19. The van der Waals surface area contributed by atoms with Gasteiger partial charge >= 0.3 is 12.3 Å². The highest BCUT2D eigenvalue weighted by molar-refractivity contribution is 5.99. The SMILES string of the molecule is COc1ccc(CNCC(F)(F)C(F)F)cc1/C(N)=N/O. The largest absolute Gasteiger partial charge is 0.496 e. The highest BCUT2D eigenvalue weighted by atomic mass is 19.3. The zero-order valence-electron chi connectivity index (χ0n) is 11.1. The van der Waals surface area contributed by atoms with Crippen molar-refractivity contribution in [1.82, 2.24) is 5.32 Å². The molecule has 4 N–H and O–H groups in total. The van der Waals surface area contributed by atoms with Gasteiger partial charge in [-0.3, -0.25) is 0 Å². The van der Waals surface area contributed by atoms with Crippen molar-refractivity contribution < 1.29 is 27.5 Å². The molecule has 118 valence electrons. The van der Waals surface area contributed by atoms with E-state index >= 15 is 0 Å². The van der Waals surface area contributed by atoms with Crippen molar-refractivity contribution in [3.63, 3.8) is 0 Å². The lowest BCUT2D eigenvalue weighted by Gasteiger charge is -2.16. The average molecular weight is 309 g/mol. The van der Waals surface area contributed by atoms with Crippen molar-refractivity contribution in [2.45, 2.75) is 18.9 Å². The van der Waals surface area contributed by atoms with E-state index in [1.165, 1.54) is 19.2 Å². The zero-order valence-corrected chi connectivity index (χ0v) is 11.1. The molecule has 9 heteroatoms. The standard InChI is InChI=1S/C12H15F4N3O2/c1-21-9-3-2-7(4-8(9)10(17)19-20)5-18-6-12(15,16)11(13)14/h2-4,11,18,20H,5-6H2,1H3,(H2,17,19). The van der Waals surface area contributed by atoms with Gasteiger partial charge in [-0.2, -0.15) is 8.78 Å². The molecule has 0 fully saturated rings. The molecule has 0 amide bonds. The third kappa shape index (κ3) is 4.48. The van der Waals surface area contributed by atoms with Gasteiger partial charge in [0.25, 0.3) is 0 Å². The number of benzene rings is 1. The van der Waals surface area contributed by atoms with Crippen molar-refractivity contribution in [2.24, 2.45) is 10.9 Å². The highest BCUT2D eigenvalue weighted by Gasteiger charge is 2.39. The van der Waals surface area contributed by atoms with Gasteiger partial charge in [0.2, 0.25) is 0 Å². The van der Waals surface area contributed by atoms with Crippen LogP contribution in [0.4, 0.5) is 17.6 Å². The number of nitrogens with two attached hydrogens (primary N) is 1. The lowest BCUT2D eigenvalue weighted by molar-refractivity contribution is -0.125. The van der Waals surface area contributed by atoms with Crippen molar-refractivity contribution in [3.05, 3.63) is 29.3 Å². The van der Waals surface area contributed by atoms with E-state index in [4.69, 9.17) is 15.7 Å². The van der Waals surface area contributed by atoms with Gasteiger partial charge in [0, 0.05) is 6.54 Å². The molecule has 0 bridgehead atoms. The van der Waals surface area contributed by atoms with Crippen molar-refractivity contribution in [2.75, 3.05) is 13.7 Å². The Balaban J connectivity index is 2.77. The Labute approximate surface area is 118 Å². The predicted molar refractivity (Wildman–Crippen MR) is 68.2 cm³/mol. The maximum Gasteiger partial charge on any atom is 0.319 e. The van der Waals surface area contributed by atoms with E-state index in [2.05, 4.69) is 10.5 Å². The van der Waals surface area contributed by atoms with Crippen LogP contribution >= 0.6 is 0 Å². The van der Waals surface area contributed by atoms with Crippen molar-refractivity contribution in [3.8, 4) is 5.75 Å². The molecule has 1 rings (SSSR count). The Morgan fingerprint density at radius 2 is 2.14 bits per heavy atom. The number of nitrogens with one attached hydrogen (secondary N) is 1. The van der Waals surface area contributed by atoms with E-state index in [-0.39, 0.29) is 17.9 Å². The number of nitrogens with zero attached hydrogens (tertiary/aromatic N) is 1. The summed E-state index contributed by atoms with van der Waals surface area (Å²) in [6, 6.07) is 4.48. The van der Waals surface area contributed by atoms with Crippen LogP contribution in [0.25, 0.3) is 0 Å². The fraction of sp³-hybridized carbons (Fsp3) is 0.417. The minimum absolute atomic E-state index is 0.0853. The lowest BCUT2D eigenvalue weighted by atomic mass is 10.1. The van der Waals surface area contributed by atoms with Crippen LogP contribution in [0.5, 0.6) is 5.75 Å². The first-order valence-corrected chi connectivity index (χ1v) is 5.83. The maximum absolute atomic E-state index is 12.7. The van der Waals surface area contributed by atoms with E-state index in [1.54, 1.807) is 6.07 Å². The van der Waals surface area contributed by atoms with E-state index in [9.17, 15) is 17.6 Å². The molecule has 1 aromatic rings. The molecule has 0 heterocycles. The maximum atomic E-state index is 12.7. The van der Waals surface area contributed by atoms with E-state index in [0.29, 0.717) is 11.3 Å². The first kappa shape index (κ1) is 17.0. The molecule has 0 unspecified atom stereocenters. The number of halogens is 4. The number of ether oxygens (including phenoxy) is 1. The van der Waals surface area contributed by atoms with E-state index in [0.717, 1.165) is 0 Å². The Morgan fingerprint density at radius 1 is 1.48 bits per heavy atom. The summed E-state index contributed by atoms with van der Waals surface area (Å²) in [4.78, 5) is 0. The molecular formula is C12H15F4N3O2. The summed E-state index contributed by atoms with van der Waals surface area (Å²) < 4.78 is 54.4. The minimum Gasteiger partial charge on any atom is -0.496 e. The Kier molecular flexibility index (Phi) is 5.77. The molecule has 0 saturated carbocycles. The van der Waals surface area contributed by atoms with Gasteiger partial charge in [-0.15, -0.1) is 0 Å². The zero-order chi connectivity index (χ0) is 16.0. The normalized spacial score (nSPS) is 12.8. The van der Waals surface area contributed by atoms with Gasteiger partial charge in [0.05, 0.1) is 19.2 Å². The number of hydrogen-bond acceptors (Lipinski definition) is 4. The third-order valence-electron chi connectivity index (χ3n) is 2.66. The molecule has 0 aromatic heterocycles. The van der Waals surface area contributed by atoms with Gasteiger partial charge < -0.3 is 21.0 Å². The summed E-state index contributed by atoms with van der Waals surface area (Å²) in [5, 5.41) is 13.7. The van der Waals surface area contributed by atoms with Crippen LogP contribution in [0.1, 0.15) is 11.1 Å². The number of methoxy groups -OCH3 is 1. The fourth-order valence-corrected chi connectivity index (χ4v) is 1.57. The minimum atomic E-state index is -4.10. The Hall–Kier alpha value is -2.03. The molecule has 0 aliphatic carbocycles. The smallest absolute Gasteiger partial charge is 0.319 e. The molecule has 0 aliphatic heterocycles. The second kappa shape index (κ2) is 7.11. The van der Waals surface area contributed by atoms with Crippen molar-refractivity contribution >= 4 is 5.84 Å². The first-order chi connectivity index (χ1) is 9.81. The Bertz CT molecular complexity index is 509. The van der Waals surface area contributed by atoms with Gasteiger partial charge in [-0.25, -0.2) is 8.78 Å². The third-order valence-corrected chi connectivity index (χ3v) is 2.66. The summed E-state index contributed by atoms with van der Waals surface area (Å²) in [5.74, 6) is -3.99. The van der Waals surface area contributed by atoms with Gasteiger partial charge in [-0.05, 0) is 17.7 Å². The molecule has 0 spiro atoms. The molecule has 1 aromatic carbocycles. The summed E-state index contributed by atoms with van der Waals surface area (Å²) in [6.45, 7) is -1.24. The fourth-order valence-electron chi connectivity index (χ4n) is 1.57. The predicted octanol–water partition coefficient (Wildman–Crippen LogP) is 1.78. The molecular weight excluding hydrogens is 294 g/mol. The first-order valence-electron chi connectivity index (χ1n) is 5.83. The number of hydrogen-bond donors (Lipinski definition) is 3. The van der Waals surface area contributed by atoms with Crippen LogP contribution in [-0.2, 0) is 6.54 Å². The van der Waals surface area contributed by atoms with Crippen LogP contribution < -0.4 is 15.8 Å². The Morgan fingerprint density at radius 3 is 2.67 bits per heavy atom. The summed E-state index contributed by atoms with van der Waals surface area (Å²) in [7, 11) is 1.38. The number of amidine groups is 1. The molecule has 0 atom stereocenters. The molecule has 5 nitrogen and oxygen atoms in total. The summed E-state index contributed by atoms with van der Waals surface area (Å²) in [6.07, 6.45) is -3.73. The lowest BCUT2D eigenvalue weighted by Crippen LogP contribution is -2.38. The van der Waals surface area contributed by atoms with Crippen LogP contribution in [-0.4, -0.2) is 37.0 Å². The summed E-state index contributed by atoms with van der Waals surface area (Å²) in [5.41, 5.74) is 6.21. The molecule has 0 aliphatic rings. The van der Waals surface area contributed by atoms with Crippen LogP contribution in [0, 0.1) is 0 Å². The number of oxime groups is 1. The topological polar surface area (TPSA) is 79.9 Å². The number of alkyl halides is 4. The van der Waals surface area contributed by atoms with Gasteiger partial charge in [0.1, 0.15) is 5.75 Å². The van der Waals surface area contributed by atoms with Crippen LogP contribution in [0.3, 0.4) is 0 Å². The second-order valence-corrected chi connectivity index (χ2v) is 4.19. The quantitative estimate of drug-likeness (QED) is 0.236. The van der Waals surface area contributed by atoms with Gasteiger partial charge in [-0.1, -0.05) is 11.2 Å².